The third kappa shape index (κ3) is 3.43. The zero-order valence-corrected chi connectivity index (χ0v) is 21.6. The molecule has 0 unspecified atom stereocenters. The van der Waals surface area contributed by atoms with Crippen molar-refractivity contribution >= 4 is 34.9 Å². The van der Waals surface area contributed by atoms with E-state index in [1.54, 1.807) is 42.6 Å². The fraction of sp³-hybridized carbons (Fsp3) is 0.121. The van der Waals surface area contributed by atoms with Crippen LogP contribution in [0.5, 0.6) is 0 Å². The van der Waals surface area contributed by atoms with Gasteiger partial charge in [-0.2, -0.15) is 0 Å². The lowest BCUT2D eigenvalue weighted by Crippen LogP contribution is -2.49. The van der Waals surface area contributed by atoms with Gasteiger partial charge in [-0.25, -0.2) is 0 Å². The van der Waals surface area contributed by atoms with Crippen LogP contribution in [0, 0.1) is 16.0 Å². The van der Waals surface area contributed by atoms with Crippen molar-refractivity contribution in [3.05, 3.63) is 147 Å². The Morgan fingerprint density at radius 2 is 1.54 bits per heavy atom. The van der Waals surface area contributed by atoms with Gasteiger partial charge in [0, 0.05) is 35.1 Å². The first-order chi connectivity index (χ1) is 19.9. The van der Waals surface area contributed by atoms with Gasteiger partial charge in [0.1, 0.15) is 11.5 Å². The maximum absolute atomic E-state index is 14.6. The molecule has 3 heterocycles. The summed E-state index contributed by atoms with van der Waals surface area (Å²) >= 11 is 0. The van der Waals surface area contributed by atoms with Gasteiger partial charge in [0.25, 0.3) is 5.69 Å². The number of Topliss-reactive ketones (excluding diaryl/α,β-unsaturated/α-hetero) is 2. The minimum atomic E-state index is -1.45. The van der Waals surface area contributed by atoms with E-state index in [9.17, 15) is 24.5 Å². The van der Waals surface area contributed by atoms with Gasteiger partial charge < -0.3 is 10.2 Å². The highest BCUT2D eigenvalue weighted by Crippen LogP contribution is 2.62. The molecular weight excluding hydrogens is 518 g/mol. The second-order valence-electron chi connectivity index (χ2n) is 10.5. The number of nitrogens with zero attached hydrogens (tertiary/aromatic N) is 2. The summed E-state index contributed by atoms with van der Waals surface area (Å²) in [5, 5.41) is 14.6. The zero-order chi connectivity index (χ0) is 28.3. The molecule has 0 saturated carbocycles. The Kier molecular flexibility index (Phi) is 5.47. The first-order valence-electron chi connectivity index (χ1n) is 13.3. The molecule has 41 heavy (non-hydrogen) atoms. The predicted molar refractivity (Wildman–Crippen MR) is 152 cm³/mol. The largest absolute Gasteiger partial charge is 0.358 e. The van der Waals surface area contributed by atoms with Crippen molar-refractivity contribution in [2.45, 2.75) is 17.5 Å². The average molecular weight is 542 g/mol. The van der Waals surface area contributed by atoms with E-state index >= 15 is 0 Å². The Labute approximate surface area is 235 Å². The lowest BCUT2D eigenvalue weighted by molar-refractivity contribution is -0.384. The number of carbonyl (C=O) groups is 3. The lowest BCUT2D eigenvalue weighted by Gasteiger charge is -2.38. The summed E-state index contributed by atoms with van der Waals surface area (Å²) in [6, 6.07) is 27.3. The number of ketones is 2. The fourth-order valence-corrected chi connectivity index (χ4v) is 6.89. The summed E-state index contributed by atoms with van der Waals surface area (Å²) in [4.78, 5) is 56.4. The van der Waals surface area contributed by atoms with E-state index in [0.29, 0.717) is 16.8 Å². The lowest BCUT2D eigenvalue weighted by atomic mass is 9.62. The summed E-state index contributed by atoms with van der Waals surface area (Å²) in [6.45, 7) is 0. The number of non-ortho nitro benzene ring substituents is 1. The number of carbonyl (C=O) groups excluding carboxylic acids is 3. The highest BCUT2D eigenvalue weighted by molar-refractivity contribution is 6.16. The number of nitro groups is 1. The molecule has 3 aliphatic heterocycles. The van der Waals surface area contributed by atoms with E-state index in [2.05, 4.69) is 5.32 Å². The zero-order valence-electron chi connectivity index (χ0n) is 21.6. The molecule has 1 saturated heterocycles. The Balaban J connectivity index is 1.53. The molecule has 4 aromatic carbocycles. The highest BCUT2D eigenvalue weighted by atomic mass is 16.6. The van der Waals surface area contributed by atoms with Crippen molar-refractivity contribution in [1.29, 1.82) is 0 Å². The standard InChI is InChI=1S/C33H23N3O5/c37-29(21-10-2-1-3-11-21)27-28(30(38)22-12-8-13-23(19-22)36(40)41)35-18-17-20-9-4-5-14-24(20)31(35)33(27)25-15-6-7-16-26(25)34-32(33)39/h1-19,27-28,31H,(H,34,39)/t27-,28-,31+,33+/m0/s1. The van der Waals surface area contributed by atoms with Gasteiger partial charge in [-0.1, -0.05) is 84.9 Å². The van der Waals surface area contributed by atoms with Crippen molar-refractivity contribution in [2.75, 3.05) is 5.32 Å². The van der Waals surface area contributed by atoms with Crippen LogP contribution in [0.2, 0.25) is 0 Å². The number of benzene rings is 4. The molecule has 1 amide bonds. The van der Waals surface area contributed by atoms with Crippen molar-refractivity contribution < 1.29 is 19.3 Å². The van der Waals surface area contributed by atoms with Crippen LogP contribution in [0.25, 0.3) is 6.08 Å². The van der Waals surface area contributed by atoms with Crippen molar-refractivity contribution in [1.82, 2.24) is 4.90 Å². The number of fused-ring (bicyclic) bond motifs is 6. The van der Waals surface area contributed by atoms with Crippen LogP contribution in [0.4, 0.5) is 11.4 Å². The van der Waals surface area contributed by atoms with Gasteiger partial charge in [-0.15, -0.1) is 0 Å². The highest BCUT2D eigenvalue weighted by Gasteiger charge is 2.70. The van der Waals surface area contributed by atoms with E-state index in [4.69, 9.17) is 0 Å². The summed E-state index contributed by atoms with van der Waals surface area (Å²) in [7, 11) is 0. The fourth-order valence-electron chi connectivity index (χ4n) is 6.89. The topological polar surface area (TPSA) is 110 Å². The maximum atomic E-state index is 14.6. The molecule has 4 atom stereocenters. The van der Waals surface area contributed by atoms with Gasteiger partial charge in [0.15, 0.2) is 11.6 Å². The Hall–Kier alpha value is -5.37. The molecule has 0 aromatic heterocycles. The number of nitrogens with one attached hydrogen (secondary N) is 1. The third-order valence-corrected chi connectivity index (χ3v) is 8.52. The first kappa shape index (κ1) is 24.7. The molecule has 3 aliphatic rings. The smallest absolute Gasteiger partial charge is 0.270 e. The maximum Gasteiger partial charge on any atom is 0.270 e. The van der Waals surface area contributed by atoms with E-state index in [1.165, 1.54) is 24.3 Å². The van der Waals surface area contributed by atoms with E-state index in [1.807, 2.05) is 53.4 Å². The molecular formula is C33H23N3O5. The molecule has 8 heteroatoms. The van der Waals surface area contributed by atoms with Crippen LogP contribution in [-0.4, -0.2) is 33.3 Å². The molecule has 4 aromatic rings. The van der Waals surface area contributed by atoms with E-state index in [-0.39, 0.29) is 22.9 Å². The minimum Gasteiger partial charge on any atom is -0.358 e. The second kappa shape index (κ2) is 9.09. The molecule has 0 bridgehead atoms. The van der Waals surface area contributed by atoms with Crippen LogP contribution in [0.15, 0.2) is 109 Å². The number of hydrogen-bond acceptors (Lipinski definition) is 6. The van der Waals surface area contributed by atoms with E-state index < -0.39 is 34.1 Å². The molecule has 1 N–H and O–H groups in total. The average Bonchev–Trinajstić information content (AvgIpc) is 3.49. The van der Waals surface area contributed by atoms with Crippen molar-refractivity contribution in [3.8, 4) is 0 Å². The number of rotatable bonds is 5. The van der Waals surface area contributed by atoms with Crippen LogP contribution >= 0.6 is 0 Å². The van der Waals surface area contributed by atoms with Gasteiger partial charge in [0.05, 0.1) is 16.9 Å². The van der Waals surface area contributed by atoms with Gasteiger partial charge in [-0.3, -0.25) is 24.5 Å². The summed E-state index contributed by atoms with van der Waals surface area (Å²) in [6.07, 6.45) is 3.66. The molecule has 7 rings (SSSR count). The Morgan fingerprint density at radius 1 is 0.829 bits per heavy atom. The van der Waals surface area contributed by atoms with Gasteiger partial charge in [-0.05, 0) is 28.8 Å². The molecule has 200 valence electrons. The van der Waals surface area contributed by atoms with Gasteiger partial charge >= 0.3 is 0 Å². The Morgan fingerprint density at radius 3 is 2.34 bits per heavy atom. The third-order valence-electron chi connectivity index (χ3n) is 8.52. The van der Waals surface area contributed by atoms with Crippen LogP contribution < -0.4 is 5.32 Å². The SMILES string of the molecule is O=C(c1cccc([N+](=O)[O-])c1)[C@@H]1[C@@H](C(=O)c2ccccc2)[C@@]2(C(=O)Nc3ccccc32)[C@H]2c3ccccc3C=CN12. The number of amides is 1. The molecule has 1 fully saturated rings. The molecule has 8 nitrogen and oxygen atoms in total. The van der Waals surface area contributed by atoms with Crippen LogP contribution in [-0.2, 0) is 10.2 Å². The van der Waals surface area contributed by atoms with E-state index in [0.717, 1.165) is 11.1 Å². The van der Waals surface area contributed by atoms with Crippen molar-refractivity contribution in [2.24, 2.45) is 5.92 Å². The summed E-state index contributed by atoms with van der Waals surface area (Å²) < 4.78 is 0. The molecule has 1 spiro atoms. The van der Waals surface area contributed by atoms with Crippen LogP contribution in [0.3, 0.4) is 0 Å². The quantitative estimate of drug-likeness (QED) is 0.201. The van der Waals surface area contributed by atoms with Crippen LogP contribution in [0.1, 0.15) is 43.4 Å². The number of anilines is 1. The predicted octanol–water partition coefficient (Wildman–Crippen LogP) is 5.58. The van der Waals surface area contributed by atoms with Gasteiger partial charge in [0.2, 0.25) is 5.91 Å². The number of nitro benzene ring substituents is 1. The second-order valence-corrected chi connectivity index (χ2v) is 10.5. The summed E-state index contributed by atoms with van der Waals surface area (Å²) in [5.74, 6) is -2.31. The summed E-state index contributed by atoms with van der Waals surface area (Å²) in [5.41, 5.74) is 1.75. The first-order valence-corrected chi connectivity index (χ1v) is 13.3. The number of hydrogen-bond donors (Lipinski definition) is 1. The Bertz CT molecular complexity index is 1800. The normalized spacial score (nSPS) is 23.5. The van der Waals surface area contributed by atoms with Crippen molar-refractivity contribution in [3.63, 3.8) is 0 Å². The monoisotopic (exact) mass is 541 g/mol. The molecule has 0 aliphatic carbocycles. The molecule has 0 radical (unpaired) electrons. The minimum absolute atomic E-state index is 0.102. The number of para-hydroxylation sites is 1.